The van der Waals surface area contributed by atoms with Crippen molar-refractivity contribution in [2.75, 3.05) is 0 Å². The minimum Gasteiger partial charge on any atom is -0.329 e. The van der Waals surface area contributed by atoms with Gasteiger partial charge in [-0.3, -0.25) is 4.68 Å². The first kappa shape index (κ1) is 12.8. The number of hydrogen-bond acceptors (Lipinski definition) is 3. The van der Waals surface area contributed by atoms with Crippen molar-refractivity contribution in [3.05, 3.63) is 36.2 Å². The molecule has 0 amide bonds. The third kappa shape index (κ3) is 3.43. The van der Waals surface area contributed by atoms with E-state index in [1.54, 1.807) is 0 Å². The standard InChI is InChI=1S/C13H21N5/c1-13(2,3)15-7-12-6-14-10-18(12)9-11-5-16-17(4)8-11/h5-6,8,10,15H,7,9H2,1-4H3. The van der Waals surface area contributed by atoms with Crippen molar-refractivity contribution < 1.29 is 0 Å². The zero-order valence-corrected chi connectivity index (χ0v) is 11.5. The van der Waals surface area contributed by atoms with Crippen molar-refractivity contribution in [1.29, 1.82) is 0 Å². The van der Waals surface area contributed by atoms with Crippen LogP contribution in [0.2, 0.25) is 0 Å². The Hall–Kier alpha value is -1.62. The summed E-state index contributed by atoms with van der Waals surface area (Å²) in [4.78, 5) is 4.22. The van der Waals surface area contributed by atoms with E-state index in [9.17, 15) is 0 Å². The zero-order chi connectivity index (χ0) is 13.2. The van der Waals surface area contributed by atoms with Crippen molar-refractivity contribution >= 4 is 0 Å². The normalized spacial score (nSPS) is 12.0. The summed E-state index contributed by atoms with van der Waals surface area (Å²) < 4.78 is 3.97. The molecule has 0 aliphatic carbocycles. The SMILES string of the molecule is Cn1cc(Cn2cncc2CNC(C)(C)C)cn1. The lowest BCUT2D eigenvalue weighted by Gasteiger charge is -2.20. The molecule has 2 rings (SSSR count). The van der Waals surface area contributed by atoms with Gasteiger partial charge in [-0.1, -0.05) is 0 Å². The quantitative estimate of drug-likeness (QED) is 0.891. The molecule has 2 aromatic heterocycles. The van der Waals surface area contributed by atoms with Crippen LogP contribution in [-0.4, -0.2) is 24.9 Å². The fourth-order valence-electron chi connectivity index (χ4n) is 1.74. The minimum atomic E-state index is 0.114. The van der Waals surface area contributed by atoms with Gasteiger partial charge in [0.25, 0.3) is 0 Å². The highest BCUT2D eigenvalue weighted by molar-refractivity contribution is 5.08. The molecular formula is C13H21N5. The van der Waals surface area contributed by atoms with Crippen LogP contribution in [-0.2, 0) is 20.1 Å². The topological polar surface area (TPSA) is 47.7 Å². The average Bonchev–Trinajstić information content (AvgIpc) is 2.85. The third-order valence-corrected chi connectivity index (χ3v) is 2.71. The van der Waals surface area contributed by atoms with E-state index < -0.39 is 0 Å². The molecule has 1 N–H and O–H groups in total. The molecule has 5 heteroatoms. The maximum absolute atomic E-state index is 4.22. The molecule has 0 atom stereocenters. The molecule has 98 valence electrons. The molecule has 18 heavy (non-hydrogen) atoms. The summed E-state index contributed by atoms with van der Waals surface area (Å²) in [6, 6.07) is 0. The Bertz CT molecular complexity index is 503. The fourth-order valence-corrected chi connectivity index (χ4v) is 1.74. The summed E-state index contributed by atoms with van der Waals surface area (Å²) in [6.45, 7) is 8.12. The van der Waals surface area contributed by atoms with Gasteiger partial charge in [0.2, 0.25) is 0 Å². The summed E-state index contributed by atoms with van der Waals surface area (Å²) in [5.74, 6) is 0. The number of nitrogens with one attached hydrogen (secondary N) is 1. The number of nitrogens with zero attached hydrogens (tertiary/aromatic N) is 4. The summed E-state index contributed by atoms with van der Waals surface area (Å²) in [7, 11) is 1.93. The number of rotatable bonds is 4. The van der Waals surface area contributed by atoms with Crippen LogP contribution < -0.4 is 5.32 Å². The van der Waals surface area contributed by atoms with Gasteiger partial charge in [-0.05, 0) is 20.8 Å². The Morgan fingerprint density at radius 2 is 2.06 bits per heavy atom. The van der Waals surface area contributed by atoms with Crippen molar-refractivity contribution in [3.63, 3.8) is 0 Å². The van der Waals surface area contributed by atoms with Crippen LogP contribution in [0.3, 0.4) is 0 Å². The lowest BCUT2D eigenvalue weighted by molar-refractivity contribution is 0.417. The zero-order valence-electron chi connectivity index (χ0n) is 11.5. The molecule has 0 unspecified atom stereocenters. The molecule has 0 saturated carbocycles. The lowest BCUT2D eigenvalue weighted by atomic mass is 10.1. The summed E-state index contributed by atoms with van der Waals surface area (Å²) in [5, 5.41) is 7.65. The maximum atomic E-state index is 4.22. The average molecular weight is 247 g/mol. The van der Waals surface area contributed by atoms with Crippen LogP contribution in [0, 0.1) is 0 Å². The maximum Gasteiger partial charge on any atom is 0.0951 e. The smallest absolute Gasteiger partial charge is 0.0951 e. The van der Waals surface area contributed by atoms with E-state index in [4.69, 9.17) is 0 Å². The lowest BCUT2D eigenvalue weighted by Crippen LogP contribution is -2.35. The van der Waals surface area contributed by atoms with E-state index >= 15 is 0 Å². The molecule has 5 nitrogen and oxygen atoms in total. The Morgan fingerprint density at radius 3 is 2.67 bits per heavy atom. The molecular weight excluding hydrogens is 226 g/mol. The van der Waals surface area contributed by atoms with Crippen LogP contribution in [0.1, 0.15) is 32.0 Å². The van der Waals surface area contributed by atoms with Crippen molar-refractivity contribution in [2.24, 2.45) is 7.05 Å². The highest BCUT2D eigenvalue weighted by atomic mass is 15.2. The van der Waals surface area contributed by atoms with E-state index in [2.05, 4.69) is 40.7 Å². The van der Waals surface area contributed by atoms with E-state index in [1.807, 2.05) is 36.6 Å². The second-order valence-corrected chi connectivity index (χ2v) is 5.64. The van der Waals surface area contributed by atoms with Gasteiger partial charge in [-0.2, -0.15) is 5.10 Å². The second-order valence-electron chi connectivity index (χ2n) is 5.64. The molecule has 2 aromatic rings. The molecule has 0 aliphatic rings. The minimum absolute atomic E-state index is 0.114. The van der Waals surface area contributed by atoms with Gasteiger partial charge in [0, 0.05) is 37.1 Å². The van der Waals surface area contributed by atoms with Gasteiger partial charge in [0.15, 0.2) is 0 Å². The summed E-state index contributed by atoms with van der Waals surface area (Å²) >= 11 is 0. The molecule has 0 bridgehead atoms. The number of aromatic nitrogens is 4. The molecule has 0 aliphatic heterocycles. The van der Waals surface area contributed by atoms with Gasteiger partial charge in [-0.15, -0.1) is 0 Å². The van der Waals surface area contributed by atoms with Crippen molar-refractivity contribution in [2.45, 2.75) is 39.4 Å². The van der Waals surface area contributed by atoms with Crippen LogP contribution in [0.15, 0.2) is 24.9 Å². The number of hydrogen-bond donors (Lipinski definition) is 1. The van der Waals surface area contributed by atoms with E-state index in [1.165, 1.54) is 11.3 Å². The first-order chi connectivity index (χ1) is 8.44. The van der Waals surface area contributed by atoms with Crippen molar-refractivity contribution in [3.8, 4) is 0 Å². The predicted molar refractivity (Wildman–Crippen MR) is 71.1 cm³/mol. The molecule has 0 radical (unpaired) electrons. The van der Waals surface area contributed by atoms with Crippen LogP contribution in [0.4, 0.5) is 0 Å². The predicted octanol–water partition coefficient (Wildman–Crippen LogP) is 1.55. The van der Waals surface area contributed by atoms with Crippen LogP contribution in [0.5, 0.6) is 0 Å². The van der Waals surface area contributed by atoms with E-state index in [0.29, 0.717) is 0 Å². The van der Waals surface area contributed by atoms with Gasteiger partial charge < -0.3 is 9.88 Å². The Labute approximate surface area is 108 Å². The monoisotopic (exact) mass is 247 g/mol. The van der Waals surface area contributed by atoms with Crippen molar-refractivity contribution in [1.82, 2.24) is 24.6 Å². The highest BCUT2D eigenvalue weighted by Gasteiger charge is 2.10. The first-order valence-corrected chi connectivity index (χ1v) is 6.15. The third-order valence-electron chi connectivity index (χ3n) is 2.71. The Balaban J connectivity index is 2.03. The molecule has 0 saturated heterocycles. The first-order valence-electron chi connectivity index (χ1n) is 6.15. The number of imidazole rings is 1. The van der Waals surface area contributed by atoms with E-state index in [0.717, 1.165) is 13.1 Å². The van der Waals surface area contributed by atoms with Gasteiger partial charge in [0.05, 0.1) is 24.8 Å². The number of aryl methyl sites for hydroxylation is 1. The summed E-state index contributed by atoms with van der Waals surface area (Å²) in [5.41, 5.74) is 2.49. The van der Waals surface area contributed by atoms with Crippen LogP contribution >= 0.6 is 0 Å². The molecule has 0 spiro atoms. The summed E-state index contributed by atoms with van der Waals surface area (Å²) in [6.07, 6.45) is 7.70. The van der Waals surface area contributed by atoms with Gasteiger partial charge in [-0.25, -0.2) is 4.98 Å². The van der Waals surface area contributed by atoms with Gasteiger partial charge >= 0.3 is 0 Å². The fraction of sp³-hybridized carbons (Fsp3) is 0.538. The molecule has 0 aromatic carbocycles. The Morgan fingerprint density at radius 1 is 1.28 bits per heavy atom. The Kier molecular flexibility index (Phi) is 3.52. The van der Waals surface area contributed by atoms with Crippen LogP contribution in [0.25, 0.3) is 0 Å². The molecule has 2 heterocycles. The largest absolute Gasteiger partial charge is 0.329 e. The highest BCUT2D eigenvalue weighted by Crippen LogP contribution is 2.07. The van der Waals surface area contributed by atoms with E-state index in [-0.39, 0.29) is 5.54 Å². The van der Waals surface area contributed by atoms with Gasteiger partial charge in [0.1, 0.15) is 0 Å². The molecule has 0 fully saturated rings. The second kappa shape index (κ2) is 4.94.